The van der Waals surface area contributed by atoms with Crippen LogP contribution in [0.4, 0.5) is 0 Å². The zero-order chi connectivity index (χ0) is 28.5. The molecule has 0 saturated heterocycles. The predicted molar refractivity (Wildman–Crippen MR) is 126 cm³/mol. The number of hydrogen-bond acceptors (Lipinski definition) is 12. The molecule has 1 aliphatic heterocycles. The maximum Gasteiger partial charge on any atom is 0.384 e. The molecule has 1 unspecified atom stereocenters. The second-order valence-corrected chi connectivity index (χ2v) is 8.11. The number of carbonyl (C=O) groups is 6. The van der Waals surface area contributed by atoms with E-state index in [1.165, 1.54) is 25.1 Å². The smallest absolute Gasteiger partial charge is 0.384 e. The lowest BCUT2D eigenvalue weighted by atomic mass is 9.95. The van der Waals surface area contributed by atoms with Gasteiger partial charge >= 0.3 is 35.6 Å². The number of rotatable bonds is 10. The Balaban J connectivity index is 2.60. The summed E-state index contributed by atoms with van der Waals surface area (Å²) < 4.78 is 31.8. The Kier molecular flexibility index (Phi) is 10.5. The van der Waals surface area contributed by atoms with Crippen LogP contribution in [0.3, 0.4) is 0 Å². The molecule has 1 heterocycles. The Morgan fingerprint density at radius 2 is 1.58 bits per heavy atom. The Bertz CT molecular complexity index is 1090. The number of methoxy groups -OCH3 is 1. The van der Waals surface area contributed by atoms with Crippen molar-refractivity contribution < 1.29 is 57.2 Å². The van der Waals surface area contributed by atoms with Crippen LogP contribution in [-0.2, 0) is 52.4 Å². The summed E-state index contributed by atoms with van der Waals surface area (Å²) in [6.07, 6.45) is -2.20. The largest absolute Gasteiger partial charge is 0.464 e. The van der Waals surface area contributed by atoms with Crippen LogP contribution in [0, 0.1) is 0 Å². The van der Waals surface area contributed by atoms with Gasteiger partial charge in [-0.05, 0) is 18.2 Å². The molecule has 0 bridgehead atoms. The number of ether oxygens (including phenoxy) is 6. The van der Waals surface area contributed by atoms with Crippen molar-refractivity contribution in [1.82, 2.24) is 5.32 Å². The molecule has 0 saturated carbocycles. The average Bonchev–Trinajstić information content (AvgIpc) is 2.85. The number of carbonyl (C=O) groups excluding carboxylic acids is 6. The van der Waals surface area contributed by atoms with Gasteiger partial charge in [-0.3, -0.25) is 19.2 Å². The summed E-state index contributed by atoms with van der Waals surface area (Å²) in [5, 5.41) is 2.56. The minimum absolute atomic E-state index is 0.0810. The molecule has 0 spiro atoms. The van der Waals surface area contributed by atoms with E-state index < -0.39 is 72.5 Å². The molecule has 0 aromatic heterocycles. The average molecular weight is 536 g/mol. The highest BCUT2D eigenvalue weighted by atomic mass is 16.8. The molecule has 5 atom stereocenters. The van der Waals surface area contributed by atoms with Gasteiger partial charge in [-0.15, -0.1) is 0 Å². The van der Waals surface area contributed by atoms with Crippen LogP contribution in [0.5, 0.6) is 0 Å². The van der Waals surface area contributed by atoms with Crippen LogP contribution in [0.2, 0.25) is 0 Å². The minimum atomic E-state index is -2.50. The van der Waals surface area contributed by atoms with Gasteiger partial charge in [0.1, 0.15) is 12.7 Å². The summed E-state index contributed by atoms with van der Waals surface area (Å²) in [6.45, 7) is 3.86. The van der Waals surface area contributed by atoms with E-state index in [-0.39, 0.29) is 5.56 Å². The van der Waals surface area contributed by atoms with E-state index in [1.807, 2.05) is 0 Å². The first-order valence-corrected chi connectivity index (χ1v) is 11.4. The third-order valence-electron chi connectivity index (χ3n) is 5.04. The fourth-order valence-corrected chi connectivity index (χ4v) is 3.57. The zero-order valence-corrected chi connectivity index (χ0v) is 21.5. The van der Waals surface area contributed by atoms with E-state index in [4.69, 9.17) is 28.4 Å². The van der Waals surface area contributed by atoms with Crippen molar-refractivity contribution >= 4 is 35.8 Å². The maximum absolute atomic E-state index is 12.9. The summed E-state index contributed by atoms with van der Waals surface area (Å²) in [5.41, 5.74) is 0.0810. The summed E-state index contributed by atoms with van der Waals surface area (Å²) in [6, 6.07) is 6.60. The SMILES string of the molecule is COC(=O)C1(OC(=O)c2ccccc2)C=C[C@@H](NC(C)=O)[C@H]([C@H](OC(C)=O)[C@@H](COC(C)=O)OC(C)=O)O1. The van der Waals surface area contributed by atoms with E-state index in [9.17, 15) is 28.8 Å². The van der Waals surface area contributed by atoms with E-state index in [1.54, 1.807) is 18.2 Å². The first-order valence-electron chi connectivity index (χ1n) is 11.4. The van der Waals surface area contributed by atoms with Gasteiger partial charge in [0.15, 0.2) is 12.2 Å². The molecule has 0 fully saturated rings. The molecule has 2 rings (SSSR count). The fourth-order valence-electron chi connectivity index (χ4n) is 3.57. The quantitative estimate of drug-likeness (QED) is 0.252. The van der Waals surface area contributed by atoms with Gasteiger partial charge < -0.3 is 33.7 Å². The second-order valence-electron chi connectivity index (χ2n) is 8.11. The van der Waals surface area contributed by atoms with Crippen LogP contribution in [-0.4, -0.2) is 79.6 Å². The molecule has 1 aliphatic rings. The van der Waals surface area contributed by atoms with Crippen LogP contribution in [0.1, 0.15) is 38.1 Å². The Morgan fingerprint density at radius 1 is 0.947 bits per heavy atom. The highest BCUT2D eigenvalue weighted by Crippen LogP contribution is 2.32. The van der Waals surface area contributed by atoms with Crippen LogP contribution >= 0.6 is 0 Å². The van der Waals surface area contributed by atoms with E-state index in [0.717, 1.165) is 34.0 Å². The Hall–Kier alpha value is -4.26. The molecule has 13 nitrogen and oxygen atoms in total. The van der Waals surface area contributed by atoms with Crippen LogP contribution < -0.4 is 5.32 Å². The Morgan fingerprint density at radius 3 is 2.11 bits per heavy atom. The topological polar surface area (TPSA) is 170 Å². The van der Waals surface area contributed by atoms with E-state index in [0.29, 0.717) is 0 Å². The van der Waals surface area contributed by atoms with Crippen molar-refractivity contribution in [3.8, 4) is 0 Å². The molecule has 1 aromatic rings. The lowest BCUT2D eigenvalue weighted by Crippen LogP contribution is -2.62. The van der Waals surface area contributed by atoms with Crippen molar-refractivity contribution in [2.75, 3.05) is 13.7 Å². The summed E-state index contributed by atoms with van der Waals surface area (Å²) in [4.78, 5) is 73.1. The number of esters is 5. The number of benzene rings is 1. The van der Waals surface area contributed by atoms with Gasteiger partial charge in [0, 0.05) is 27.7 Å². The van der Waals surface area contributed by atoms with Crippen molar-refractivity contribution in [3.63, 3.8) is 0 Å². The lowest BCUT2D eigenvalue weighted by molar-refractivity contribution is -0.250. The van der Waals surface area contributed by atoms with Crippen LogP contribution in [0.15, 0.2) is 42.5 Å². The number of nitrogens with one attached hydrogen (secondary N) is 1. The van der Waals surface area contributed by atoms with Crippen molar-refractivity contribution in [2.24, 2.45) is 0 Å². The van der Waals surface area contributed by atoms with Crippen molar-refractivity contribution in [3.05, 3.63) is 48.0 Å². The van der Waals surface area contributed by atoms with Gasteiger partial charge in [-0.25, -0.2) is 9.59 Å². The zero-order valence-electron chi connectivity index (χ0n) is 21.5. The van der Waals surface area contributed by atoms with Gasteiger partial charge in [0.05, 0.1) is 18.7 Å². The van der Waals surface area contributed by atoms with Crippen molar-refractivity contribution in [2.45, 2.75) is 57.8 Å². The molecule has 38 heavy (non-hydrogen) atoms. The number of amides is 1. The van der Waals surface area contributed by atoms with Crippen LogP contribution in [0.25, 0.3) is 0 Å². The van der Waals surface area contributed by atoms with E-state index in [2.05, 4.69) is 5.32 Å². The van der Waals surface area contributed by atoms with E-state index >= 15 is 0 Å². The summed E-state index contributed by atoms with van der Waals surface area (Å²) >= 11 is 0. The third kappa shape index (κ3) is 8.13. The molecule has 1 aromatic carbocycles. The molecule has 0 radical (unpaired) electrons. The van der Waals surface area contributed by atoms with Crippen molar-refractivity contribution in [1.29, 1.82) is 0 Å². The molecule has 206 valence electrons. The monoisotopic (exact) mass is 535 g/mol. The molecule has 1 amide bonds. The second kappa shape index (κ2) is 13.3. The molecular formula is C25H29NO12. The first-order chi connectivity index (χ1) is 17.9. The first kappa shape index (κ1) is 30.0. The maximum atomic E-state index is 12.9. The predicted octanol–water partition coefficient (Wildman–Crippen LogP) is 0.599. The van der Waals surface area contributed by atoms with Gasteiger partial charge in [0.2, 0.25) is 5.91 Å². The lowest BCUT2D eigenvalue weighted by Gasteiger charge is -2.42. The van der Waals surface area contributed by atoms with Gasteiger partial charge in [-0.2, -0.15) is 0 Å². The highest BCUT2D eigenvalue weighted by molar-refractivity contribution is 5.93. The molecule has 13 heteroatoms. The normalized spacial score (nSPS) is 21.7. The summed E-state index contributed by atoms with van der Waals surface area (Å²) in [7, 11) is 1.03. The minimum Gasteiger partial charge on any atom is -0.464 e. The third-order valence-corrected chi connectivity index (χ3v) is 5.04. The van der Waals surface area contributed by atoms with Gasteiger partial charge in [0.25, 0.3) is 0 Å². The fraction of sp³-hybridized carbons (Fsp3) is 0.440. The number of hydrogen-bond donors (Lipinski definition) is 1. The Labute approximate surface area is 218 Å². The molecule has 1 N–H and O–H groups in total. The standard InChI is InChI=1S/C25H29NO12/c1-14(27)26-19-11-12-25(24(32)33-5,38-23(31)18-9-7-6-8-10-18)37-21(19)22(36-17(4)30)20(35-16(3)29)13-34-15(2)28/h6-12,19-22H,13H2,1-5H3,(H,26,27)/t19-,20-,21-,22-,25?/m1/s1. The highest BCUT2D eigenvalue weighted by Gasteiger charge is 2.53. The summed E-state index contributed by atoms with van der Waals surface area (Å²) in [5.74, 6) is -7.57. The van der Waals surface area contributed by atoms with Gasteiger partial charge in [-0.1, -0.05) is 24.3 Å². The molecule has 0 aliphatic carbocycles. The molecular weight excluding hydrogens is 506 g/mol.